The number of hydrogen-bond acceptors (Lipinski definition) is 5. The molecule has 6 nitrogen and oxygen atoms in total. The van der Waals surface area contributed by atoms with Gasteiger partial charge in [-0.2, -0.15) is 4.31 Å². The first kappa shape index (κ1) is 16.5. The number of nitrogens with two attached hydrogens (primary N) is 1. The van der Waals surface area contributed by atoms with E-state index in [0.29, 0.717) is 6.54 Å². The van der Waals surface area contributed by atoms with E-state index in [4.69, 9.17) is 17.4 Å². The Labute approximate surface area is 130 Å². The third kappa shape index (κ3) is 3.48. The largest absolute Gasteiger partial charge is 0.307 e. The predicted molar refractivity (Wildman–Crippen MR) is 83.5 cm³/mol. The molecule has 1 aromatic rings. The maximum Gasteiger partial charge on any atom is 0.244 e. The number of aromatic nitrogens is 1. The summed E-state index contributed by atoms with van der Waals surface area (Å²) >= 11 is 5.98. The fourth-order valence-electron chi connectivity index (χ4n) is 2.80. The molecule has 0 atom stereocenters. The van der Waals surface area contributed by atoms with Crippen LogP contribution in [0.15, 0.2) is 17.2 Å². The first-order valence-corrected chi connectivity index (χ1v) is 8.96. The van der Waals surface area contributed by atoms with E-state index in [0.717, 1.165) is 25.7 Å². The number of nitrogens with one attached hydrogen (secondary N) is 1. The van der Waals surface area contributed by atoms with Crippen molar-refractivity contribution in [1.29, 1.82) is 0 Å². The van der Waals surface area contributed by atoms with E-state index < -0.39 is 10.0 Å². The molecular weight excluding hydrogens is 312 g/mol. The van der Waals surface area contributed by atoms with Crippen LogP contribution >= 0.6 is 11.6 Å². The molecular formula is C13H21ClN4O2S. The number of pyridine rings is 1. The van der Waals surface area contributed by atoms with Crippen LogP contribution in [0.4, 0.5) is 5.82 Å². The van der Waals surface area contributed by atoms with E-state index in [1.54, 1.807) is 4.31 Å². The van der Waals surface area contributed by atoms with Gasteiger partial charge in [-0.05, 0) is 18.9 Å². The highest BCUT2D eigenvalue weighted by Crippen LogP contribution is 2.29. The number of hydrazine groups is 1. The van der Waals surface area contributed by atoms with Crippen LogP contribution in [0.5, 0.6) is 0 Å². The Morgan fingerprint density at radius 1 is 1.43 bits per heavy atom. The van der Waals surface area contributed by atoms with Crippen LogP contribution < -0.4 is 11.3 Å². The van der Waals surface area contributed by atoms with Gasteiger partial charge in [0.25, 0.3) is 0 Å². The Kier molecular flexibility index (Phi) is 5.43. The number of nitrogen functional groups attached to an aromatic ring is 1. The second-order valence-electron chi connectivity index (χ2n) is 5.15. The summed E-state index contributed by atoms with van der Waals surface area (Å²) in [5.41, 5.74) is 2.33. The molecule has 0 aliphatic heterocycles. The van der Waals surface area contributed by atoms with E-state index in [2.05, 4.69) is 10.4 Å². The second kappa shape index (κ2) is 6.91. The van der Waals surface area contributed by atoms with Gasteiger partial charge in [0, 0.05) is 18.8 Å². The minimum Gasteiger partial charge on any atom is -0.307 e. The molecule has 2 rings (SSSR count). The van der Waals surface area contributed by atoms with Crippen molar-refractivity contribution in [2.24, 2.45) is 5.84 Å². The fraction of sp³-hybridized carbons (Fsp3) is 0.615. The normalized spacial score (nSPS) is 17.1. The molecule has 8 heteroatoms. The molecule has 1 heterocycles. The number of sulfonamides is 1. The summed E-state index contributed by atoms with van der Waals surface area (Å²) in [6.07, 6.45) is 6.45. The van der Waals surface area contributed by atoms with Crippen molar-refractivity contribution < 1.29 is 8.42 Å². The van der Waals surface area contributed by atoms with Crippen molar-refractivity contribution in [3.8, 4) is 0 Å². The van der Waals surface area contributed by atoms with Gasteiger partial charge in [0.05, 0.1) is 5.02 Å². The highest BCUT2D eigenvalue weighted by atomic mass is 35.5. The molecule has 0 spiro atoms. The number of nitrogens with zero attached hydrogens (tertiary/aromatic N) is 2. The molecule has 1 aromatic heterocycles. The molecule has 0 saturated heterocycles. The van der Waals surface area contributed by atoms with E-state index in [1.165, 1.54) is 18.7 Å². The molecule has 0 unspecified atom stereocenters. The summed E-state index contributed by atoms with van der Waals surface area (Å²) in [5, 5.41) is 0.193. The number of halogens is 1. The molecule has 1 aliphatic rings. The van der Waals surface area contributed by atoms with Crippen LogP contribution in [0.2, 0.25) is 5.02 Å². The van der Waals surface area contributed by atoms with Crippen molar-refractivity contribution >= 4 is 27.4 Å². The Morgan fingerprint density at radius 3 is 2.62 bits per heavy atom. The van der Waals surface area contributed by atoms with E-state index in [9.17, 15) is 8.42 Å². The maximum absolute atomic E-state index is 12.8. The SMILES string of the molecule is CCN(C1CCCCC1)S(=O)(=O)c1cnc(NN)c(Cl)c1. The number of anilines is 1. The zero-order valence-corrected chi connectivity index (χ0v) is 13.6. The fourth-order valence-corrected chi connectivity index (χ4v) is 4.75. The van der Waals surface area contributed by atoms with Crippen molar-refractivity contribution in [3.05, 3.63) is 17.3 Å². The van der Waals surface area contributed by atoms with Gasteiger partial charge in [-0.25, -0.2) is 19.2 Å². The summed E-state index contributed by atoms with van der Waals surface area (Å²) in [7, 11) is -3.58. The Morgan fingerprint density at radius 2 is 2.10 bits per heavy atom. The first-order chi connectivity index (χ1) is 10.0. The smallest absolute Gasteiger partial charge is 0.244 e. The van der Waals surface area contributed by atoms with E-state index in [-0.39, 0.29) is 21.8 Å². The highest BCUT2D eigenvalue weighted by molar-refractivity contribution is 7.89. The van der Waals surface area contributed by atoms with Crippen LogP contribution in [0.25, 0.3) is 0 Å². The van der Waals surface area contributed by atoms with Crippen molar-refractivity contribution in [2.45, 2.75) is 50.0 Å². The molecule has 1 aliphatic carbocycles. The van der Waals surface area contributed by atoms with Crippen LogP contribution in [-0.2, 0) is 10.0 Å². The van der Waals surface area contributed by atoms with Gasteiger partial charge < -0.3 is 5.43 Å². The van der Waals surface area contributed by atoms with Crippen LogP contribution in [0.1, 0.15) is 39.0 Å². The minimum absolute atomic E-state index is 0.0693. The summed E-state index contributed by atoms with van der Waals surface area (Å²) in [6.45, 7) is 2.30. The summed E-state index contributed by atoms with van der Waals surface area (Å²) in [4.78, 5) is 4.06. The Bertz CT molecular complexity index is 588. The van der Waals surface area contributed by atoms with Crippen molar-refractivity contribution in [3.63, 3.8) is 0 Å². The maximum atomic E-state index is 12.8. The minimum atomic E-state index is -3.58. The highest BCUT2D eigenvalue weighted by Gasteiger charge is 2.31. The van der Waals surface area contributed by atoms with Gasteiger partial charge in [0.15, 0.2) is 5.82 Å². The average molecular weight is 333 g/mol. The average Bonchev–Trinajstić information content (AvgIpc) is 2.48. The van der Waals surface area contributed by atoms with Crippen molar-refractivity contribution in [2.75, 3.05) is 12.0 Å². The van der Waals surface area contributed by atoms with Crippen LogP contribution in [0.3, 0.4) is 0 Å². The van der Waals surface area contributed by atoms with Crippen LogP contribution in [-0.4, -0.2) is 30.3 Å². The molecule has 118 valence electrons. The third-order valence-corrected chi connectivity index (χ3v) is 6.13. The van der Waals surface area contributed by atoms with Gasteiger partial charge in [0.1, 0.15) is 4.90 Å². The zero-order valence-electron chi connectivity index (χ0n) is 12.0. The van der Waals surface area contributed by atoms with E-state index >= 15 is 0 Å². The molecule has 0 radical (unpaired) electrons. The Hall–Kier alpha value is -0.890. The predicted octanol–water partition coefficient (Wildman–Crippen LogP) is 2.36. The van der Waals surface area contributed by atoms with Crippen LogP contribution in [0, 0.1) is 0 Å². The summed E-state index contributed by atoms with van der Waals surface area (Å²) in [6, 6.07) is 1.46. The van der Waals surface area contributed by atoms with E-state index in [1.807, 2.05) is 6.92 Å². The van der Waals surface area contributed by atoms with Gasteiger partial charge in [0.2, 0.25) is 10.0 Å². The van der Waals surface area contributed by atoms with Gasteiger partial charge in [-0.3, -0.25) is 0 Å². The van der Waals surface area contributed by atoms with Gasteiger partial charge >= 0.3 is 0 Å². The standard InChI is InChI=1S/C13H21ClN4O2S/c1-2-18(10-6-4-3-5-7-10)21(19,20)11-8-12(14)13(17-15)16-9-11/h8-10H,2-7,15H2,1H3,(H,16,17). The topological polar surface area (TPSA) is 88.3 Å². The second-order valence-corrected chi connectivity index (χ2v) is 7.44. The molecule has 1 saturated carbocycles. The lowest BCUT2D eigenvalue weighted by Gasteiger charge is -2.32. The molecule has 3 N–H and O–H groups in total. The lowest BCUT2D eigenvalue weighted by Crippen LogP contribution is -2.41. The van der Waals surface area contributed by atoms with Crippen molar-refractivity contribution in [1.82, 2.24) is 9.29 Å². The van der Waals surface area contributed by atoms with Gasteiger partial charge in [-0.1, -0.05) is 37.8 Å². The summed E-state index contributed by atoms with van der Waals surface area (Å²) < 4.78 is 27.1. The van der Waals surface area contributed by atoms with Gasteiger partial charge in [-0.15, -0.1) is 0 Å². The lowest BCUT2D eigenvalue weighted by atomic mass is 9.95. The number of rotatable bonds is 5. The molecule has 21 heavy (non-hydrogen) atoms. The number of hydrogen-bond donors (Lipinski definition) is 2. The molecule has 1 fully saturated rings. The zero-order chi connectivity index (χ0) is 15.5. The Balaban J connectivity index is 2.32. The first-order valence-electron chi connectivity index (χ1n) is 7.14. The lowest BCUT2D eigenvalue weighted by molar-refractivity contribution is 0.261. The molecule has 0 aromatic carbocycles. The molecule has 0 amide bonds. The quantitative estimate of drug-likeness (QED) is 0.638. The third-order valence-electron chi connectivity index (χ3n) is 3.85. The molecule has 0 bridgehead atoms. The monoisotopic (exact) mass is 332 g/mol. The summed E-state index contributed by atoms with van der Waals surface area (Å²) in [5.74, 6) is 5.52.